The number of hydrogen-bond acceptors (Lipinski definition) is 3. The molecule has 5 nitrogen and oxygen atoms in total. The summed E-state index contributed by atoms with van der Waals surface area (Å²) in [4.78, 5) is 18.3. The van der Waals surface area contributed by atoms with Crippen LogP contribution < -0.4 is 10.6 Å². The Bertz CT molecular complexity index is 1290. The molecule has 0 bridgehead atoms. The van der Waals surface area contributed by atoms with Crippen LogP contribution in [0.3, 0.4) is 0 Å². The lowest BCUT2D eigenvalue weighted by atomic mass is 9.93. The van der Waals surface area contributed by atoms with Crippen LogP contribution in [-0.4, -0.2) is 15.5 Å². The first-order valence-corrected chi connectivity index (χ1v) is 10.6. The zero-order valence-corrected chi connectivity index (χ0v) is 17.6. The first kappa shape index (κ1) is 19.1. The molecule has 4 aromatic rings. The van der Waals surface area contributed by atoms with Crippen LogP contribution in [0.15, 0.2) is 90.1 Å². The van der Waals surface area contributed by atoms with Gasteiger partial charge in [-0.2, -0.15) is 0 Å². The number of rotatable bonds is 4. The molecular formula is C26H24N4O. The Kier molecular flexibility index (Phi) is 4.79. The highest BCUT2D eigenvalue weighted by Gasteiger charge is 2.34. The van der Waals surface area contributed by atoms with Crippen molar-refractivity contribution >= 4 is 28.6 Å². The number of anilines is 2. The number of aromatic nitrogens is 2. The molecule has 0 saturated heterocycles. The van der Waals surface area contributed by atoms with Crippen LogP contribution in [-0.2, 0) is 11.2 Å². The number of nitrogens with zero attached hydrogens (tertiary/aromatic N) is 2. The topological polar surface area (TPSA) is 59.0 Å². The van der Waals surface area contributed by atoms with Crippen molar-refractivity contribution in [2.45, 2.75) is 26.3 Å². The SMILES string of the molecule is CCc1ccc([C@H]2C(C(=O)Nc3ccccc3)=C(C)Nc3nc4ccccc4n32)cc1. The number of carbonyl (C=O) groups is 1. The van der Waals surface area contributed by atoms with Crippen molar-refractivity contribution < 1.29 is 4.79 Å². The molecular weight excluding hydrogens is 384 g/mol. The van der Waals surface area contributed by atoms with Gasteiger partial charge >= 0.3 is 0 Å². The van der Waals surface area contributed by atoms with Gasteiger partial charge in [0.1, 0.15) is 0 Å². The van der Waals surface area contributed by atoms with Crippen molar-refractivity contribution in [3.05, 3.63) is 101 Å². The van der Waals surface area contributed by atoms with Crippen LogP contribution in [0, 0.1) is 0 Å². The Balaban J connectivity index is 1.66. The van der Waals surface area contributed by atoms with Crippen molar-refractivity contribution in [1.82, 2.24) is 9.55 Å². The average molecular weight is 409 g/mol. The van der Waals surface area contributed by atoms with Gasteiger partial charge in [-0.1, -0.05) is 61.5 Å². The standard InChI is InChI=1S/C26H24N4O/c1-3-18-13-15-19(16-14-18)24-23(25(31)28-20-9-5-4-6-10-20)17(2)27-26-29-21-11-7-8-12-22(21)30(24)26/h4-16,24H,3H2,1-2H3,(H,27,29)(H,28,31)/t24-/m0/s1. The van der Waals surface area contributed by atoms with Crippen LogP contribution in [0.25, 0.3) is 11.0 Å². The fraction of sp³-hybridized carbons (Fsp3) is 0.154. The number of carbonyl (C=O) groups excluding carboxylic acids is 1. The maximum atomic E-state index is 13.5. The van der Waals surface area contributed by atoms with Crippen molar-refractivity contribution in [3.8, 4) is 0 Å². The second-order valence-corrected chi connectivity index (χ2v) is 7.78. The summed E-state index contributed by atoms with van der Waals surface area (Å²) in [5.74, 6) is 0.628. The van der Waals surface area contributed by atoms with E-state index < -0.39 is 0 Å². The third-order valence-corrected chi connectivity index (χ3v) is 5.81. The van der Waals surface area contributed by atoms with Crippen LogP contribution in [0.4, 0.5) is 11.6 Å². The van der Waals surface area contributed by atoms with Gasteiger partial charge in [-0.15, -0.1) is 0 Å². The minimum absolute atomic E-state index is 0.121. The van der Waals surface area contributed by atoms with Crippen LogP contribution in [0.2, 0.25) is 0 Å². The van der Waals surface area contributed by atoms with Gasteiger partial charge in [-0.05, 0) is 48.7 Å². The number of aryl methyl sites for hydroxylation is 1. The lowest BCUT2D eigenvalue weighted by molar-refractivity contribution is -0.113. The van der Waals surface area contributed by atoms with E-state index in [4.69, 9.17) is 4.98 Å². The van der Waals surface area contributed by atoms with Gasteiger partial charge < -0.3 is 10.6 Å². The Morgan fingerprint density at radius 3 is 2.45 bits per heavy atom. The van der Waals surface area contributed by atoms with Crippen molar-refractivity contribution in [2.24, 2.45) is 0 Å². The van der Waals surface area contributed by atoms with E-state index in [-0.39, 0.29) is 11.9 Å². The minimum atomic E-state index is -0.279. The van der Waals surface area contributed by atoms with Crippen molar-refractivity contribution in [1.29, 1.82) is 0 Å². The summed E-state index contributed by atoms with van der Waals surface area (Å²) in [7, 11) is 0. The van der Waals surface area contributed by atoms with E-state index in [9.17, 15) is 4.79 Å². The molecule has 5 rings (SSSR count). The van der Waals surface area contributed by atoms with Crippen LogP contribution in [0.5, 0.6) is 0 Å². The molecule has 0 unspecified atom stereocenters. The Morgan fingerprint density at radius 2 is 1.71 bits per heavy atom. The number of allylic oxidation sites excluding steroid dienone is 1. The highest BCUT2D eigenvalue weighted by Crippen LogP contribution is 2.39. The van der Waals surface area contributed by atoms with E-state index in [0.717, 1.165) is 40.4 Å². The van der Waals surface area contributed by atoms with E-state index in [2.05, 4.69) is 46.4 Å². The fourth-order valence-electron chi connectivity index (χ4n) is 4.23. The molecule has 0 spiro atoms. The summed E-state index contributed by atoms with van der Waals surface area (Å²) in [5, 5.41) is 6.42. The minimum Gasteiger partial charge on any atom is -0.329 e. The van der Waals surface area contributed by atoms with Crippen molar-refractivity contribution in [3.63, 3.8) is 0 Å². The number of para-hydroxylation sites is 3. The predicted octanol–water partition coefficient (Wildman–Crippen LogP) is 5.53. The lowest BCUT2D eigenvalue weighted by Gasteiger charge is -2.31. The number of hydrogen-bond donors (Lipinski definition) is 2. The highest BCUT2D eigenvalue weighted by atomic mass is 16.1. The van der Waals surface area contributed by atoms with Gasteiger partial charge in [0, 0.05) is 11.4 Å². The third kappa shape index (κ3) is 3.38. The molecule has 0 radical (unpaired) electrons. The Labute approximate surface area is 181 Å². The van der Waals surface area contributed by atoms with Gasteiger partial charge in [0.25, 0.3) is 5.91 Å². The summed E-state index contributed by atoms with van der Waals surface area (Å²) in [6, 6.07) is 25.8. The summed E-state index contributed by atoms with van der Waals surface area (Å²) in [5.41, 5.74) is 6.48. The summed E-state index contributed by atoms with van der Waals surface area (Å²) < 4.78 is 2.13. The Hall–Kier alpha value is -3.86. The number of amides is 1. The molecule has 0 aliphatic carbocycles. The number of nitrogens with one attached hydrogen (secondary N) is 2. The second-order valence-electron chi connectivity index (χ2n) is 7.78. The van der Waals surface area contributed by atoms with E-state index in [1.807, 2.05) is 61.5 Å². The lowest BCUT2D eigenvalue weighted by Crippen LogP contribution is -2.30. The number of benzene rings is 3. The molecule has 3 aromatic carbocycles. The first-order chi connectivity index (χ1) is 15.2. The van der Waals surface area contributed by atoms with Gasteiger partial charge in [-0.25, -0.2) is 4.98 Å². The summed E-state index contributed by atoms with van der Waals surface area (Å²) >= 11 is 0. The molecule has 0 saturated carbocycles. The average Bonchev–Trinajstić information content (AvgIpc) is 3.16. The summed E-state index contributed by atoms with van der Waals surface area (Å²) in [6.45, 7) is 4.08. The smallest absolute Gasteiger partial charge is 0.255 e. The third-order valence-electron chi connectivity index (χ3n) is 5.81. The van der Waals surface area contributed by atoms with Crippen LogP contribution in [0.1, 0.15) is 31.0 Å². The normalized spacial score (nSPS) is 15.5. The molecule has 0 fully saturated rings. The molecule has 1 amide bonds. The highest BCUT2D eigenvalue weighted by molar-refractivity contribution is 6.06. The van der Waals surface area contributed by atoms with Crippen LogP contribution >= 0.6 is 0 Å². The van der Waals surface area contributed by atoms with E-state index in [1.54, 1.807) is 0 Å². The van der Waals surface area contributed by atoms with E-state index in [0.29, 0.717) is 5.57 Å². The number of fused-ring (bicyclic) bond motifs is 3. The monoisotopic (exact) mass is 408 g/mol. The van der Waals surface area contributed by atoms with Gasteiger partial charge in [0.2, 0.25) is 5.95 Å². The van der Waals surface area contributed by atoms with E-state index in [1.165, 1.54) is 5.56 Å². The quantitative estimate of drug-likeness (QED) is 0.467. The largest absolute Gasteiger partial charge is 0.329 e. The van der Waals surface area contributed by atoms with Gasteiger partial charge in [0.15, 0.2) is 0 Å². The molecule has 2 heterocycles. The van der Waals surface area contributed by atoms with Gasteiger partial charge in [0.05, 0.1) is 22.6 Å². The molecule has 1 atom stereocenters. The molecule has 1 aliphatic rings. The zero-order chi connectivity index (χ0) is 21.4. The summed E-state index contributed by atoms with van der Waals surface area (Å²) in [6.07, 6.45) is 0.974. The fourth-order valence-corrected chi connectivity index (χ4v) is 4.23. The maximum absolute atomic E-state index is 13.5. The molecule has 31 heavy (non-hydrogen) atoms. The molecule has 1 aromatic heterocycles. The molecule has 1 aliphatic heterocycles. The molecule has 5 heteroatoms. The molecule has 2 N–H and O–H groups in total. The molecule has 154 valence electrons. The first-order valence-electron chi connectivity index (χ1n) is 10.6. The number of imidazole rings is 1. The van der Waals surface area contributed by atoms with Gasteiger partial charge in [-0.3, -0.25) is 9.36 Å². The zero-order valence-electron chi connectivity index (χ0n) is 17.6. The second kappa shape index (κ2) is 7.76. The maximum Gasteiger partial charge on any atom is 0.255 e. The van der Waals surface area contributed by atoms with E-state index >= 15 is 0 Å². The Morgan fingerprint density at radius 1 is 1.00 bits per heavy atom. The predicted molar refractivity (Wildman–Crippen MR) is 125 cm³/mol. The van der Waals surface area contributed by atoms with Crippen molar-refractivity contribution in [2.75, 3.05) is 10.6 Å².